The van der Waals surface area contributed by atoms with Crippen LogP contribution in [0.15, 0.2) is 36.5 Å². The summed E-state index contributed by atoms with van der Waals surface area (Å²) in [6.45, 7) is 26.8. The van der Waals surface area contributed by atoms with Gasteiger partial charge in [0.25, 0.3) is 0 Å². The minimum absolute atomic E-state index is 0. The van der Waals surface area contributed by atoms with Crippen LogP contribution in [-0.4, -0.2) is 37.7 Å². The van der Waals surface area contributed by atoms with Gasteiger partial charge in [0, 0.05) is 16.7 Å². The van der Waals surface area contributed by atoms with Crippen LogP contribution >= 0.6 is 0 Å². The average molecular weight is 473 g/mol. The quantitative estimate of drug-likeness (QED) is 0.219. The fourth-order valence-electron chi connectivity index (χ4n) is 0.864. The van der Waals surface area contributed by atoms with E-state index in [9.17, 15) is 14.4 Å². The van der Waals surface area contributed by atoms with E-state index in [1.165, 1.54) is 0 Å². The summed E-state index contributed by atoms with van der Waals surface area (Å²) in [7, 11) is 0. The third-order valence-corrected chi connectivity index (χ3v) is 2.18. The second kappa shape index (κ2) is 23.6. The Hall–Kier alpha value is -1.49. The van der Waals surface area contributed by atoms with E-state index >= 15 is 0 Å². The second-order valence-corrected chi connectivity index (χ2v) is 5.31. The summed E-state index contributed by atoms with van der Waals surface area (Å²) >= 11 is 0. The number of hydrogen-bond acceptors (Lipinski definition) is 6. The molecule has 28 heavy (non-hydrogen) atoms. The molecule has 156 valence electrons. The molecule has 0 aromatic carbocycles. The van der Waals surface area contributed by atoms with Crippen molar-refractivity contribution in [3.05, 3.63) is 57.2 Å². The number of carbonyl (C=O) groups is 3. The molecule has 0 unspecified atom stereocenters. The van der Waals surface area contributed by atoms with E-state index in [4.69, 9.17) is 0 Å². The molecule has 0 aliphatic carbocycles. The number of esters is 3. The first-order valence-electron chi connectivity index (χ1n) is 8.40. The number of ether oxygens (including phenoxy) is 3. The molecule has 0 rings (SSSR count). The van der Waals surface area contributed by atoms with Crippen molar-refractivity contribution in [2.45, 2.75) is 40.0 Å². The maximum absolute atomic E-state index is 10.6. The van der Waals surface area contributed by atoms with Crippen LogP contribution in [0.25, 0.3) is 0 Å². The molecule has 0 aliphatic heterocycles. The van der Waals surface area contributed by atoms with Crippen molar-refractivity contribution in [1.82, 2.24) is 0 Å². The van der Waals surface area contributed by atoms with Gasteiger partial charge in [-0.05, 0) is 20.8 Å². The Morgan fingerprint density at radius 3 is 0.893 bits per heavy atom. The molecule has 0 aromatic heterocycles. The standard InChI is InChI=1S/3C7H11O2.Zr/c3*1-4-5-9-7(8)6(2)3;/h3*1-2,4-5H2,3H3;/q3*-1;+4. The van der Waals surface area contributed by atoms with E-state index < -0.39 is 0 Å². The Bertz CT molecular complexity index is 426. The summed E-state index contributed by atoms with van der Waals surface area (Å²) in [5, 5.41) is 0. The first-order valence-corrected chi connectivity index (χ1v) is 8.40. The van der Waals surface area contributed by atoms with Crippen LogP contribution in [-0.2, 0) is 54.8 Å². The monoisotopic (exact) mass is 471 g/mol. The van der Waals surface area contributed by atoms with E-state index in [1.54, 1.807) is 20.8 Å². The van der Waals surface area contributed by atoms with Crippen molar-refractivity contribution < 1.29 is 54.8 Å². The third kappa shape index (κ3) is 26.7. The predicted molar refractivity (Wildman–Crippen MR) is 107 cm³/mol. The van der Waals surface area contributed by atoms with Crippen LogP contribution in [0.5, 0.6) is 0 Å². The third-order valence-electron chi connectivity index (χ3n) is 2.18. The molecule has 0 bridgehead atoms. The Kier molecular flexibility index (Phi) is 28.6. The van der Waals surface area contributed by atoms with Crippen LogP contribution in [0.4, 0.5) is 0 Å². The van der Waals surface area contributed by atoms with Crippen LogP contribution in [0.3, 0.4) is 0 Å². The first kappa shape index (κ1) is 34.0. The SMILES string of the molecule is C=C(C)C(=O)OCC[CH2-].C=C(C)C(=O)OCC[CH2-].C=C(C)C(=O)OCC[CH2-].[Zr+4]. The zero-order valence-corrected chi connectivity index (χ0v) is 19.9. The summed E-state index contributed by atoms with van der Waals surface area (Å²) in [5.74, 6) is -1.00. The van der Waals surface area contributed by atoms with E-state index in [-0.39, 0.29) is 44.1 Å². The molecule has 0 amide bonds. The summed E-state index contributed by atoms with van der Waals surface area (Å²) in [6, 6.07) is 0. The van der Waals surface area contributed by atoms with E-state index in [0.717, 1.165) is 0 Å². The van der Waals surface area contributed by atoms with Crippen molar-refractivity contribution in [3.63, 3.8) is 0 Å². The summed E-state index contributed by atoms with van der Waals surface area (Å²) in [4.78, 5) is 31.7. The molecule has 6 nitrogen and oxygen atoms in total. The van der Waals surface area contributed by atoms with Gasteiger partial charge in [-0.25, -0.2) is 14.4 Å². The van der Waals surface area contributed by atoms with Crippen LogP contribution < -0.4 is 0 Å². The van der Waals surface area contributed by atoms with Gasteiger partial charge < -0.3 is 35.0 Å². The van der Waals surface area contributed by atoms with Gasteiger partial charge >= 0.3 is 44.1 Å². The molecule has 0 saturated carbocycles. The normalized spacial score (nSPS) is 8.36. The molecule has 0 heterocycles. The second-order valence-electron chi connectivity index (χ2n) is 5.31. The average Bonchev–Trinajstić information content (AvgIpc) is 2.62. The molecule has 0 saturated heterocycles. The van der Waals surface area contributed by atoms with Gasteiger partial charge in [0.1, 0.15) is 0 Å². The van der Waals surface area contributed by atoms with Gasteiger partial charge in [0.05, 0.1) is 19.8 Å². The number of carbonyl (C=O) groups excluding carboxylic acids is 3. The molecule has 0 N–H and O–H groups in total. The smallest absolute Gasteiger partial charge is 0.465 e. The fraction of sp³-hybridized carbons (Fsp3) is 0.429. The van der Waals surface area contributed by atoms with Gasteiger partial charge in [-0.15, -0.1) is 19.3 Å². The van der Waals surface area contributed by atoms with Gasteiger partial charge in [0.2, 0.25) is 0 Å². The topological polar surface area (TPSA) is 78.9 Å². The maximum atomic E-state index is 10.6. The van der Waals surface area contributed by atoms with Crippen LogP contribution in [0, 0.1) is 20.8 Å². The molecule has 7 heteroatoms. The number of hydrogen-bond donors (Lipinski definition) is 0. The van der Waals surface area contributed by atoms with E-state index in [1.807, 2.05) is 0 Å². The fourth-order valence-corrected chi connectivity index (χ4v) is 0.864. The largest absolute Gasteiger partial charge is 4.00 e. The van der Waals surface area contributed by atoms with Crippen LogP contribution in [0.2, 0.25) is 0 Å². The van der Waals surface area contributed by atoms with Gasteiger partial charge in [-0.2, -0.15) is 0 Å². The van der Waals surface area contributed by atoms with Crippen molar-refractivity contribution in [1.29, 1.82) is 0 Å². The van der Waals surface area contributed by atoms with Gasteiger partial charge in [0.15, 0.2) is 0 Å². The zero-order valence-electron chi connectivity index (χ0n) is 17.4. The molecular weight excluding hydrogens is 439 g/mol. The number of rotatable bonds is 9. The van der Waals surface area contributed by atoms with Crippen molar-refractivity contribution in [2.24, 2.45) is 0 Å². The molecule has 0 aromatic rings. The van der Waals surface area contributed by atoms with Crippen molar-refractivity contribution in [2.75, 3.05) is 19.8 Å². The zero-order chi connectivity index (χ0) is 21.8. The molecule has 0 fully saturated rings. The molecule has 0 atom stereocenters. The Morgan fingerprint density at radius 2 is 0.786 bits per heavy atom. The maximum Gasteiger partial charge on any atom is 4.00 e. The molecule has 0 spiro atoms. The van der Waals surface area contributed by atoms with E-state index in [0.29, 0.717) is 55.8 Å². The minimum atomic E-state index is -0.335. The minimum Gasteiger partial charge on any atom is -0.465 e. The Labute approximate surface area is 189 Å². The van der Waals surface area contributed by atoms with E-state index in [2.05, 4.69) is 54.7 Å². The van der Waals surface area contributed by atoms with Gasteiger partial charge in [-0.3, -0.25) is 0 Å². The molecular formula is C21H33O6Zr+. The van der Waals surface area contributed by atoms with Crippen molar-refractivity contribution >= 4 is 17.9 Å². The molecule has 0 aliphatic rings. The summed E-state index contributed by atoms with van der Waals surface area (Å²) in [5.41, 5.74) is 1.30. The van der Waals surface area contributed by atoms with Gasteiger partial charge in [-0.1, -0.05) is 19.7 Å². The van der Waals surface area contributed by atoms with Crippen molar-refractivity contribution in [3.8, 4) is 0 Å². The first-order chi connectivity index (χ1) is 12.5. The molecule has 0 radical (unpaired) electrons. The predicted octanol–water partition coefficient (Wildman–Crippen LogP) is 3.99. The summed E-state index contributed by atoms with van der Waals surface area (Å²) < 4.78 is 14.0. The Morgan fingerprint density at radius 1 is 0.607 bits per heavy atom. The van der Waals surface area contributed by atoms with Crippen LogP contribution in [0.1, 0.15) is 40.0 Å². The summed E-state index contributed by atoms with van der Waals surface area (Å²) in [6.07, 6.45) is 1.83. The Balaban J connectivity index is -0.000000152.